The molecule has 4 fully saturated rings. The first-order valence-corrected chi connectivity index (χ1v) is 12.0. The van der Waals surface area contributed by atoms with Gasteiger partial charge in [0.1, 0.15) is 0 Å². The molecule has 0 radical (unpaired) electrons. The lowest BCUT2D eigenvalue weighted by Gasteiger charge is -2.36. The van der Waals surface area contributed by atoms with Gasteiger partial charge in [0, 0.05) is 77.4 Å². The number of carbonyl (C=O) groups excluding carboxylic acids is 1. The summed E-state index contributed by atoms with van der Waals surface area (Å²) in [7, 11) is 1.86. The van der Waals surface area contributed by atoms with Crippen LogP contribution < -0.4 is 10.6 Å². The molecule has 164 valence electrons. The molecule has 1 amide bonds. The standard InChI is InChI=1S/C22H40N6O/c1-23-22(25-19-8-11-27(12-9-19)20-6-7-20)24-10-13-26-14-16-28(17-15-26)21(29)18-4-2-3-5-18/h18-20H,2-17H2,1H3,(H2,23,24,25). The van der Waals surface area contributed by atoms with Gasteiger partial charge in [-0.15, -0.1) is 0 Å². The van der Waals surface area contributed by atoms with Crippen molar-refractivity contribution in [2.45, 2.75) is 63.5 Å². The van der Waals surface area contributed by atoms with Gasteiger partial charge in [0.15, 0.2) is 5.96 Å². The molecule has 0 atom stereocenters. The van der Waals surface area contributed by atoms with Gasteiger partial charge in [0.2, 0.25) is 5.91 Å². The summed E-state index contributed by atoms with van der Waals surface area (Å²) in [5, 5.41) is 7.11. The molecule has 0 unspecified atom stereocenters. The number of hydrogen-bond acceptors (Lipinski definition) is 4. The summed E-state index contributed by atoms with van der Waals surface area (Å²) < 4.78 is 0. The topological polar surface area (TPSA) is 63.2 Å². The average molecular weight is 405 g/mol. The number of amides is 1. The molecule has 2 N–H and O–H groups in total. The summed E-state index contributed by atoms with van der Waals surface area (Å²) in [6.07, 6.45) is 9.93. The number of aliphatic imine (C=N–C) groups is 1. The minimum Gasteiger partial charge on any atom is -0.355 e. The minimum absolute atomic E-state index is 0.314. The zero-order chi connectivity index (χ0) is 20.1. The number of likely N-dealkylation sites (tertiary alicyclic amines) is 1. The van der Waals surface area contributed by atoms with E-state index in [0.29, 0.717) is 17.9 Å². The lowest BCUT2D eigenvalue weighted by atomic mass is 10.1. The number of carbonyl (C=O) groups is 1. The molecular formula is C22H40N6O. The third-order valence-corrected chi connectivity index (χ3v) is 7.27. The quantitative estimate of drug-likeness (QED) is 0.513. The van der Waals surface area contributed by atoms with Crippen molar-refractivity contribution in [3.8, 4) is 0 Å². The van der Waals surface area contributed by atoms with Crippen molar-refractivity contribution >= 4 is 11.9 Å². The van der Waals surface area contributed by atoms with Crippen molar-refractivity contribution in [2.24, 2.45) is 10.9 Å². The van der Waals surface area contributed by atoms with E-state index in [1.807, 2.05) is 7.05 Å². The van der Waals surface area contributed by atoms with Gasteiger partial charge in [-0.05, 0) is 38.5 Å². The molecule has 0 aromatic rings. The van der Waals surface area contributed by atoms with Crippen LogP contribution in [-0.4, -0.2) is 98.1 Å². The Balaban J connectivity index is 1.10. The van der Waals surface area contributed by atoms with Gasteiger partial charge in [-0.2, -0.15) is 0 Å². The van der Waals surface area contributed by atoms with Gasteiger partial charge < -0.3 is 20.4 Å². The lowest BCUT2D eigenvalue weighted by Crippen LogP contribution is -2.53. The average Bonchev–Trinajstić information content (AvgIpc) is 3.47. The summed E-state index contributed by atoms with van der Waals surface area (Å²) in [5.74, 6) is 1.66. The molecule has 2 saturated carbocycles. The Bertz CT molecular complexity index is 556. The fourth-order valence-corrected chi connectivity index (χ4v) is 5.19. The number of nitrogens with zero attached hydrogens (tertiary/aromatic N) is 4. The Hall–Kier alpha value is -1.34. The number of guanidine groups is 1. The summed E-state index contributed by atoms with van der Waals surface area (Å²) in [5.41, 5.74) is 0. The number of hydrogen-bond donors (Lipinski definition) is 2. The zero-order valence-corrected chi connectivity index (χ0v) is 18.2. The van der Waals surface area contributed by atoms with Gasteiger partial charge in [-0.3, -0.25) is 14.7 Å². The summed E-state index contributed by atoms with van der Waals surface area (Å²) in [6.45, 7) is 8.12. The van der Waals surface area contributed by atoms with Crippen LogP contribution in [0.1, 0.15) is 51.4 Å². The van der Waals surface area contributed by atoms with E-state index in [0.717, 1.165) is 64.1 Å². The van der Waals surface area contributed by atoms with Gasteiger partial charge in [0.05, 0.1) is 0 Å². The molecule has 2 saturated heterocycles. The van der Waals surface area contributed by atoms with Crippen LogP contribution in [0.15, 0.2) is 4.99 Å². The molecule has 7 heteroatoms. The fourth-order valence-electron chi connectivity index (χ4n) is 5.19. The molecule has 4 aliphatic rings. The second-order valence-corrected chi connectivity index (χ2v) is 9.33. The molecule has 0 spiro atoms. The molecular weight excluding hydrogens is 364 g/mol. The number of piperazine rings is 1. The van der Waals surface area contributed by atoms with Crippen LogP contribution in [-0.2, 0) is 4.79 Å². The zero-order valence-electron chi connectivity index (χ0n) is 18.2. The van der Waals surface area contributed by atoms with E-state index in [2.05, 4.69) is 30.3 Å². The van der Waals surface area contributed by atoms with Crippen molar-refractivity contribution in [1.82, 2.24) is 25.3 Å². The van der Waals surface area contributed by atoms with Crippen molar-refractivity contribution in [3.05, 3.63) is 0 Å². The summed E-state index contributed by atoms with van der Waals surface area (Å²) >= 11 is 0. The van der Waals surface area contributed by atoms with Gasteiger partial charge in [-0.25, -0.2) is 0 Å². The lowest BCUT2D eigenvalue weighted by molar-refractivity contribution is -0.137. The van der Waals surface area contributed by atoms with E-state index in [1.54, 1.807) is 0 Å². The monoisotopic (exact) mass is 404 g/mol. The highest BCUT2D eigenvalue weighted by atomic mass is 16.2. The number of nitrogens with one attached hydrogen (secondary N) is 2. The Morgan fingerprint density at radius 3 is 2.24 bits per heavy atom. The van der Waals surface area contributed by atoms with E-state index >= 15 is 0 Å². The van der Waals surface area contributed by atoms with Crippen LogP contribution in [0, 0.1) is 5.92 Å². The Labute approximate surface area is 176 Å². The fraction of sp³-hybridized carbons (Fsp3) is 0.909. The van der Waals surface area contributed by atoms with Gasteiger partial charge in [-0.1, -0.05) is 12.8 Å². The molecule has 7 nitrogen and oxygen atoms in total. The van der Waals surface area contributed by atoms with Crippen LogP contribution in [0.4, 0.5) is 0 Å². The SMILES string of the molecule is CN=C(NCCN1CCN(C(=O)C2CCCC2)CC1)NC1CCN(C2CC2)CC1. The predicted octanol–water partition coefficient (Wildman–Crippen LogP) is 1.11. The normalized spacial score (nSPS) is 26.1. The van der Waals surface area contributed by atoms with Crippen LogP contribution in [0.5, 0.6) is 0 Å². The molecule has 2 aliphatic heterocycles. The second-order valence-electron chi connectivity index (χ2n) is 9.33. The Kier molecular flexibility index (Phi) is 7.29. The molecule has 29 heavy (non-hydrogen) atoms. The maximum atomic E-state index is 12.6. The van der Waals surface area contributed by atoms with Crippen LogP contribution in [0.2, 0.25) is 0 Å². The Morgan fingerprint density at radius 2 is 1.62 bits per heavy atom. The summed E-state index contributed by atoms with van der Waals surface area (Å²) in [4.78, 5) is 24.2. The van der Waals surface area contributed by atoms with E-state index in [9.17, 15) is 4.79 Å². The minimum atomic E-state index is 0.314. The van der Waals surface area contributed by atoms with Crippen LogP contribution >= 0.6 is 0 Å². The maximum absolute atomic E-state index is 12.6. The Morgan fingerprint density at radius 1 is 0.931 bits per heavy atom. The van der Waals surface area contributed by atoms with Crippen molar-refractivity contribution in [2.75, 3.05) is 59.4 Å². The van der Waals surface area contributed by atoms with Gasteiger partial charge >= 0.3 is 0 Å². The second kappa shape index (κ2) is 10.1. The van der Waals surface area contributed by atoms with Crippen LogP contribution in [0.3, 0.4) is 0 Å². The van der Waals surface area contributed by atoms with E-state index in [1.165, 1.54) is 51.6 Å². The maximum Gasteiger partial charge on any atom is 0.225 e. The van der Waals surface area contributed by atoms with Gasteiger partial charge in [0.25, 0.3) is 0 Å². The molecule has 0 bridgehead atoms. The first kappa shape index (κ1) is 20.9. The number of piperidine rings is 1. The third-order valence-electron chi connectivity index (χ3n) is 7.27. The third kappa shape index (κ3) is 5.85. The smallest absolute Gasteiger partial charge is 0.225 e. The van der Waals surface area contributed by atoms with Crippen molar-refractivity contribution < 1.29 is 4.79 Å². The molecule has 2 aliphatic carbocycles. The highest BCUT2D eigenvalue weighted by molar-refractivity contribution is 5.80. The highest BCUT2D eigenvalue weighted by Crippen LogP contribution is 2.29. The van der Waals surface area contributed by atoms with Crippen LogP contribution in [0.25, 0.3) is 0 Å². The molecule has 0 aromatic heterocycles. The predicted molar refractivity (Wildman–Crippen MR) is 117 cm³/mol. The number of rotatable bonds is 6. The molecule has 2 heterocycles. The highest BCUT2D eigenvalue weighted by Gasteiger charge is 2.32. The molecule has 0 aromatic carbocycles. The van der Waals surface area contributed by atoms with E-state index < -0.39 is 0 Å². The molecule has 4 rings (SSSR count). The van der Waals surface area contributed by atoms with Crippen molar-refractivity contribution in [3.63, 3.8) is 0 Å². The first-order valence-electron chi connectivity index (χ1n) is 12.0. The summed E-state index contributed by atoms with van der Waals surface area (Å²) in [6, 6.07) is 1.43. The van der Waals surface area contributed by atoms with E-state index in [4.69, 9.17) is 0 Å². The largest absolute Gasteiger partial charge is 0.355 e. The van der Waals surface area contributed by atoms with Crippen molar-refractivity contribution in [1.29, 1.82) is 0 Å². The van der Waals surface area contributed by atoms with E-state index in [-0.39, 0.29) is 0 Å². The first-order chi connectivity index (χ1) is 14.2.